The molecule has 7 heteroatoms. The van der Waals surface area contributed by atoms with E-state index in [1.54, 1.807) is 24.3 Å². The largest absolute Gasteiger partial charge is 0.495 e. The molecule has 6 nitrogen and oxygen atoms in total. The molecular formula is C21H18ClN3O3. The van der Waals surface area contributed by atoms with Crippen LogP contribution in [0.25, 0.3) is 0 Å². The summed E-state index contributed by atoms with van der Waals surface area (Å²) in [5.74, 6) is -0.221. The Balaban J connectivity index is 1.70. The Morgan fingerprint density at radius 1 is 1.04 bits per heavy atom. The number of anilines is 1. The lowest BCUT2D eigenvalue weighted by Crippen LogP contribution is -2.24. The molecule has 0 aliphatic heterocycles. The fourth-order valence-corrected chi connectivity index (χ4v) is 2.75. The van der Waals surface area contributed by atoms with Crippen molar-refractivity contribution >= 4 is 29.1 Å². The molecule has 0 spiro atoms. The van der Waals surface area contributed by atoms with Crippen molar-refractivity contribution in [3.63, 3.8) is 0 Å². The van der Waals surface area contributed by atoms with E-state index in [4.69, 9.17) is 16.3 Å². The van der Waals surface area contributed by atoms with Gasteiger partial charge in [0.05, 0.1) is 12.8 Å². The number of nitrogens with one attached hydrogen (secondary N) is 2. The van der Waals surface area contributed by atoms with Crippen LogP contribution in [0.15, 0.2) is 66.9 Å². The van der Waals surface area contributed by atoms with Crippen LogP contribution in [0.4, 0.5) is 5.69 Å². The molecule has 2 aromatic carbocycles. The zero-order chi connectivity index (χ0) is 19.9. The SMILES string of the molecule is COc1ccccc1NC(=O)c1ccnc(C(=O)NCc2ccccc2Cl)c1. The topological polar surface area (TPSA) is 80.3 Å². The van der Waals surface area contributed by atoms with E-state index in [0.717, 1.165) is 5.56 Å². The Morgan fingerprint density at radius 2 is 1.79 bits per heavy atom. The maximum Gasteiger partial charge on any atom is 0.270 e. The Morgan fingerprint density at radius 3 is 2.57 bits per heavy atom. The molecule has 142 valence electrons. The molecule has 3 aromatic rings. The molecule has 28 heavy (non-hydrogen) atoms. The second-order valence-electron chi connectivity index (χ2n) is 5.86. The van der Waals surface area contributed by atoms with Crippen LogP contribution in [0.1, 0.15) is 26.4 Å². The summed E-state index contributed by atoms with van der Waals surface area (Å²) in [5.41, 5.74) is 1.78. The fraction of sp³-hybridized carbons (Fsp3) is 0.0952. The van der Waals surface area contributed by atoms with Gasteiger partial charge in [-0.05, 0) is 35.9 Å². The van der Waals surface area contributed by atoms with Crippen molar-refractivity contribution in [1.29, 1.82) is 0 Å². The number of methoxy groups -OCH3 is 1. The van der Waals surface area contributed by atoms with E-state index < -0.39 is 5.91 Å². The van der Waals surface area contributed by atoms with Crippen molar-refractivity contribution in [3.8, 4) is 5.75 Å². The van der Waals surface area contributed by atoms with Crippen molar-refractivity contribution in [2.45, 2.75) is 6.54 Å². The molecule has 0 aliphatic rings. The van der Waals surface area contributed by atoms with Gasteiger partial charge in [-0.25, -0.2) is 0 Å². The van der Waals surface area contributed by atoms with Crippen LogP contribution in [0.3, 0.4) is 0 Å². The van der Waals surface area contributed by atoms with Gasteiger partial charge in [-0.1, -0.05) is 41.9 Å². The van der Waals surface area contributed by atoms with E-state index in [-0.39, 0.29) is 18.1 Å². The number of ether oxygens (including phenoxy) is 1. The Hall–Kier alpha value is -3.38. The van der Waals surface area contributed by atoms with Crippen LogP contribution < -0.4 is 15.4 Å². The lowest BCUT2D eigenvalue weighted by Gasteiger charge is -2.10. The second-order valence-corrected chi connectivity index (χ2v) is 6.27. The van der Waals surface area contributed by atoms with Gasteiger partial charge < -0.3 is 15.4 Å². The van der Waals surface area contributed by atoms with Crippen LogP contribution in [0.2, 0.25) is 5.02 Å². The average Bonchev–Trinajstić information content (AvgIpc) is 2.73. The number of para-hydroxylation sites is 2. The molecule has 0 bridgehead atoms. The highest BCUT2D eigenvalue weighted by Crippen LogP contribution is 2.23. The quantitative estimate of drug-likeness (QED) is 0.662. The minimum absolute atomic E-state index is 0.139. The van der Waals surface area contributed by atoms with Crippen LogP contribution in [0.5, 0.6) is 5.75 Å². The summed E-state index contributed by atoms with van der Waals surface area (Å²) in [7, 11) is 1.53. The molecule has 0 atom stereocenters. The number of hydrogen-bond acceptors (Lipinski definition) is 4. The van der Waals surface area contributed by atoms with E-state index in [1.807, 2.05) is 24.3 Å². The zero-order valence-corrected chi connectivity index (χ0v) is 15.9. The van der Waals surface area contributed by atoms with Gasteiger partial charge in [0, 0.05) is 23.3 Å². The lowest BCUT2D eigenvalue weighted by molar-refractivity contribution is 0.0946. The number of rotatable bonds is 6. The number of carbonyl (C=O) groups excluding carboxylic acids is 2. The maximum atomic E-state index is 12.5. The third-order valence-corrected chi connectivity index (χ3v) is 4.38. The summed E-state index contributed by atoms with van der Waals surface area (Å²) in [6.45, 7) is 0.262. The third kappa shape index (κ3) is 4.66. The van der Waals surface area contributed by atoms with Crippen LogP contribution in [-0.4, -0.2) is 23.9 Å². The molecule has 2 amide bonds. The van der Waals surface area contributed by atoms with Gasteiger partial charge in [0.15, 0.2) is 0 Å². The summed E-state index contributed by atoms with van der Waals surface area (Å²) in [6.07, 6.45) is 1.42. The van der Waals surface area contributed by atoms with Crippen LogP contribution in [0, 0.1) is 0 Å². The minimum atomic E-state index is -0.396. The zero-order valence-electron chi connectivity index (χ0n) is 15.1. The standard InChI is InChI=1S/C21H18ClN3O3/c1-28-19-9-5-4-8-17(19)25-20(26)14-10-11-23-18(12-14)21(27)24-13-15-6-2-3-7-16(15)22/h2-12H,13H2,1H3,(H,24,27)(H,25,26). The molecule has 1 aromatic heterocycles. The molecule has 0 fully saturated rings. The highest BCUT2D eigenvalue weighted by molar-refractivity contribution is 6.31. The molecular weight excluding hydrogens is 378 g/mol. The molecule has 0 unspecified atom stereocenters. The Kier molecular flexibility index (Phi) is 6.24. The number of amides is 2. The number of hydrogen-bond donors (Lipinski definition) is 2. The van der Waals surface area contributed by atoms with Crippen molar-refractivity contribution in [3.05, 3.63) is 88.7 Å². The lowest BCUT2D eigenvalue weighted by atomic mass is 10.2. The number of aromatic nitrogens is 1. The molecule has 1 heterocycles. The monoisotopic (exact) mass is 395 g/mol. The highest BCUT2D eigenvalue weighted by Gasteiger charge is 2.14. The molecule has 0 saturated carbocycles. The second kappa shape index (κ2) is 9.01. The number of nitrogens with zero attached hydrogens (tertiary/aromatic N) is 1. The molecule has 3 rings (SSSR count). The average molecular weight is 396 g/mol. The van der Waals surface area contributed by atoms with Crippen molar-refractivity contribution in [2.75, 3.05) is 12.4 Å². The molecule has 2 N–H and O–H groups in total. The van der Waals surface area contributed by atoms with Gasteiger partial charge in [0.25, 0.3) is 11.8 Å². The van der Waals surface area contributed by atoms with Gasteiger partial charge in [-0.3, -0.25) is 14.6 Å². The van der Waals surface area contributed by atoms with Crippen molar-refractivity contribution in [1.82, 2.24) is 10.3 Å². The number of pyridine rings is 1. The first-order valence-corrected chi connectivity index (χ1v) is 8.88. The summed E-state index contributed by atoms with van der Waals surface area (Å²) < 4.78 is 5.23. The first-order chi connectivity index (χ1) is 13.6. The van der Waals surface area contributed by atoms with Gasteiger partial charge >= 0.3 is 0 Å². The number of benzene rings is 2. The van der Waals surface area contributed by atoms with Crippen LogP contribution in [-0.2, 0) is 6.54 Å². The first kappa shape index (κ1) is 19.4. The third-order valence-electron chi connectivity index (χ3n) is 4.01. The molecule has 0 aliphatic carbocycles. The van der Waals surface area contributed by atoms with Gasteiger partial charge in [0.1, 0.15) is 11.4 Å². The molecule has 0 radical (unpaired) electrons. The summed E-state index contributed by atoms with van der Waals surface area (Å²) in [6, 6.07) is 17.3. The van der Waals surface area contributed by atoms with E-state index in [0.29, 0.717) is 22.0 Å². The number of carbonyl (C=O) groups is 2. The predicted molar refractivity (Wildman–Crippen MR) is 108 cm³/mol. The van der Waals surface area contributed by atoms with Crippen LogP contribution >= 0.6 is 11.6 Å². The van der Waals surface area contributed by atoms with Gasteiger partial charge in [-0.2, -0.15) is 0 Å². The number of halogens is 1. The smallest absolute Gasteiger partial charge is 0.270 e. The Labute approximate surface area is 167 Å². The van der Waals surface area contributed by atoms with E-state index in [2.05, 4.69) is 15.6 Å². The fourth-order valence-electron chi connectivity index (χ4n) is 2.55. The van der Waals surface area contributed by atoms with Crippen molar-refractivity contribution < 1.29 is 14.3 Å². The summed E-state index contributed by atoms with van der Waals surface area (Å²) in [4.78, 5) is 29.0. The van der Waals surface area contributed by atoms with Gasteiger partial charge in [0.2, 0.25) is 0 Å². The Bertz CT molecular complexity index is 1010. The normalized spacial score (nSPS) is 10.2. The van der Waals surface area contributed by atoms with E-state index >= 15 is 0 Å². The maximum absolute atomic E-state index is 12.5. The van der Waals surface area contributed by atoms with E-state index in [1.165, 1.54) is 25.4 Å². The first-order valence-electron chi connectivity index (χ1n) is 8.50. The summed E-state index contributed by atoms with van der Waals surface area (Å²) in [5, 5.41) is 6.09. The summed E-state index contributed by atoms with van der Waals surface area (Å²) >= 11 is 6.09. The minimum Gasteiger partial charge on any atom is -0.495 e. The predicted octanol–water partition coefficient (Wildman–Crippen LogP) is 3.93. The highest BCUT2D eigenvalue weighted by atomic mass is 35.5. The van der Waals surface area contributed by atoms with Gasteiger partial charge in [-0.15, -0.1) is 0 Å². The van der Waals surface area contributed by atoms with Crippen molar-refractivity contribution in [2.24, 2.45) is 0 Å². The molecule has 0 saturated heterocycles. The van der Waals surface area contributed by atoms with E-state index in [9.17, 15) is 9.59 Å².